The number of hydrogen-bond acceptors (Lipinski definition) is 6. The highest BCUT2D eigenvalue weighted by molar-refractivity contribution is 5.45. The molecule has 0 unspecified atom stereocenters. The van der Waals surface area contributed by atoms with Gasteiger partial charge in [0.1, 0.15) is 5.75 Å². The quantitative estimate of drug-likeness (QED) is 0.461. The van der Waals surface area contributed by atoms with Gasteiger partial charge in [0.25, 0.3) is 5.69 Å². The average Bonchev–Trinajstić information content (AvgIpc) is 2.52. The summed E-state index contributed by atoms with van der Waals surface area (Å²) in [6, 6.07) is 4.71. The van der Waals surface area contributed by atoms with E-state index in [-0.39, 0.29) is 12.2 Å². The van der Waals surface area contributed by atoms with Gasteiger partial charge in [-0.25, -0.2) is 0 Å². The second kappa shape index (κ2) is 7.92. The van der Waals surface area contributed by atoms with Crippen molar-refractivity contribution in [2.75, 3.05) is 39.5 Å². The number of nitro benzene ring substituents is 1. The molecule has 0 atom stereocenters. The zero-order chi connectivity index (χ0) is 15.1. The third-order valence-electron chi connectivity index (χ3n) is 3.46. The first-order valence-electron chi connectivity index (χ1n) is 7.11. The van der Waals surface area contributed by atoms with Crippen LogP contribution < -0.4 is 10.5 Å². The molecule has 0 aromatic heterocycles. The van der Waals surface area contributed by atoms with Gasteiger partial charge in [-0.1, -0.05) is 0 Å². The molecule has 0 radical (unpaired) electrons. The van der Waals surface area contributed by atoms with E-state index in [1.165, 1.54) is 6.07 Å². The minimum atomic E-state index is -0.426. The van der Waals surface area contributed by atoms with Crippen LogP contribution in [0.2, 0.25) is 0 Å². The first-order chi connectivity index (χ1) is 10.2. The first-order valence-corrected chi connectivity index (χ1v) is 7.11. The van der Waals surface area contributed by atoms with E-state index in [0.717, 1.165) is 39.3 Å². The van der Waals surface area contributed by atoms with Crippen LogP contribution in [0.5, 0.6) is 5.75 Å². The third-order valence-corrected chi connectivity index (χ3v) is 3.46. The van der Waals surface area contributed by atoms with E-state index < -0.39 is 4.92 Å². The normalized spacial score (nSPS) is 15.9. The number of rotatable bonds is 7. The molecule has 1 saturated heterocycles. The molecule has 7 heteroatoms. The van der Waals surface area contributed by atoms with Gasteiger partial charge < -0.3 is 15.2 Å². The Morgan fingerprint density at radius 3 is 2.81 bits per heavy atom. The number of morpholine rings is 1. The molecule has 0 spiro atoms. The molecule has 2 N–H and O–H groups in total. The molecule has 1 aromatic rings. The van der Waals surface area contributed by atoms with E-state index in [4.69, 9.17) is 15.2 Å². The molecular weight excluding hydrogens is 274 g/mol. The number of benzene rings is 1. The molecule has 116 valence electrons. The number of nitro groups is 1. The van der Waals surface area contributed by atoms with Crippen molar-refractivity contribution < 1.29 is 14.4 Å². The van der Waals surface area contributed by atoms with Gasteiger partial charge in [0, 0.05) is 37.8 Å². The van der Waals surface area contributed by atoms with Crippen molar-refractivity contribution >= 4 is 5.69 Å². The molecule has 1 heterocycles. The third kappa shape index (κ3) is 4.66. The van der Waals surface area contributed by atoms with Crippen LogP contribution in [0.4, 0.5) is 5.69 Å². The summed E-state index contributed by atoms with van der Waals surface area (Å²) >= 11 is 0. The molecule has 0 saturated carbocycles. The summed E-state index contributed by atoms with van der Waals surface area (Å²) in [6.07, 6.45) is 0.912. The summed E-state index contributed by atoms with van der Waals surface area (Å²) in [5.74, 6) is 0.628. The highest BCUT2D eigenvalue weighted by atomic mass is 16.6. The largest absolute Gasteiger partial charge is 0.494 e. The van der Waals surface area contributed by atoms with Crippen LogP contribution in [0.15, 0.2) is 18.2 Å². The Morgan fingerprint density at radius 1 is 1.38 bits per heavy atom. The maximum absolute atomic E-state index is 10.8. The maximum atomic E-state index is 10.8. The molecule has 2 rings (SSSR count). The van der Waals surface area contributed by atoms with Crippen LogP contribution in [0, 0.1) is 10.1 Å². The maximum Gasteiger partial charge on any atom is 0.274 e. The van der Waals surface area contributed by atoms with Crippen LogP contribution in [-0.4, -0.2) is 49.3 Å². The minimum Gasteiger partial charge on any atom is -0.494 e. The van der Waals surface area contributed by atoms with E-state index in [1.54, 1.807) is 12.1 Å². The van der Waals surface area contributed by atoms with Gasteiger partial charge in [-0.05, 0) is 18.6 Å². The Balaban J connectivity index is 1.78. The number of ether oxygens (including phenoxy) is 2. The lowest BCUT2D eigenvalue weighted by atomic mass is 10.1. The summed E-state index contributed by atoms with van der Waals surface area (Å²) in [5, 5.41) is 10.8. The molecular formula is C14H21N3O4. The van der Waals surface area contributed by atoms with Gasteiger partial charge >= 0.3 is 0 Å². The van der Waals surface area contributed by atoms with Crippen molar-refractivity contribution in [2.24, 2.45) is 5.73 Å². The van der Waals surface area contributed by atoms with Crippen molar-refractivity contribution in [2.45, 2.75) is 13.0 Å². The van der Waals surface area contributed by atoms with Crippen LogP contribution >= 0.6 is 0 Å². The van der Waals surface area contributed by atoms with Crippen molar-refractivity contribution in [3.63, 3.8) is 0 Å². The lowest BCUT2D eigenvalue weighted by Crippen LogP contribution is -2.37. The number of nitrogens with zero attached hydrogens (tertiary/aromatic N) is 2. The van der Waals surface area contributed by atoms with Gasteiger partial charge in [-0.2, -0.15) is 0 Å². The predicted molar refractivity (Wildman–Crippen MR) is 78.4 cm³/mol. The van der Waals surface area contributed by atoms with E-state index in [9.17, 15) is 10.1 Å². The Morgan fingerprint density at radius 2 is 2.14 bits per heavy atom. The van der Waals surface area contributed by atoms with E-state index in [0.29, 0.717) is 17.9 Å². The summed E-state index contributed by atoms with van der Waals surface area (Å²) in [7, 11) is 0. The molecule has 1 aliphatic heterocycles. The summed E-state index contributed by atoms with van der Waals surface area (Å²) in [4.78, 5) is 12.7. The topological polar surface area (TPSA) is 90.9 Å². The Labute approximate surface area is 123 Å². The molecule has 21 heavy (non-hydrogen) atoms. The van der Waals surface area contributed by atoms with Gasteiger partial charge in [0.15, 0.2) is 0 Å². The zero-order valence-corrected chi connectivity index (χ0v) is 12.0. The Hall–Kier alpha value is -1.70. The van der Waals surface area contributed by atoms with Gasteiger partial charge in [0.05, 0.1) is 24.7 Å². The van der Waals surface area contributed by atoms with Gasteiger partial charge in [0.2, 0.25) is 0 Å². The van der Waals surface area contributed by atoms with Crippen LogP contribution in [0.3, 0.4) is 0 Å². The molecule has 0 aliphatic carbocycles. The fourth-order valence-corrected chi connectivity index (χ4v) is 2.30. The minimum absolute atomic E-state index is 0.0400. The fraction of sp³-hybridized carbons (Fsp3) is 0.571. The molecule has 1 aromatic carbocycles. The molecule has 1 aliphatic rings. The molecule has 0 bridgehead atoms. The van der Waals surface area contributed by atoms with Gasteiger partial charge in [-0.3, -0.25) is 15.0 Å². The van der Waals surface area contributed by atoms with Crippen LogP contribution in [-0.2, 0) is 11.3 Å². The molecule has 7 nitrogen and oxygen atoms in total. The van der Waals surface area contributed by atoms with Crippen LogP contribution in [0.1, 0.15) is 12.0 Å². The Bertz CT molecular complexity index is 475. The lowest BCUT2D eigenvalue weighted by molar-refractivity contribution is -0.385. The zero-order valence-electron chi connectivity index (χ0n) is 12.0. The SMILES string of the molecule is NCc1cc(OCCCN2CCOCC2)ccc1[N+](=O)[O-]. The smallest absolute Gasteiger partial charge is 0.274 e. The molecule has 0 amide bonds. The van der Waals surface area contributed by atoms with Crippen molar-refractivity contribution in [1.82, 2.24) is 4.90 Å². The second-order valence-corrected chi connectivity index (χ2v) is 4.91. The predicted octanol–water partition coefficient (Wildman–Crippen LogP) is 1.15. The fourth-order valence-electron chi connectivity index (χ4n) is 2.30. The average molecular weight is 295 g/mol. The monoisotopic (exact) mass is 295 g/mol. The first kappa shape index (κ1) is 15.7. The van der Waals surface area contributed by atoms with Crippen molar-refractivity contribution in [3.05, 3.63) is 33.9 Å². The summed E-state index contributed by atoms with van der Waals surface area (Å²) in [6.45, 7) is 5.20. The van der Waals surface area contributed by atoms with E-state index in [2.05, 4.69) is 4.90 Å². The van der Waals surface area contributed by atoms with E-state index in [1.807, 2.05) is 0 Å². The van der Waals surface area contributed by atoms with Crippen molar-refractivity contribution in [1.29, 1.82) is 0 Å². The lowest BCUT2D eigenvalue weighted by Gasteiger charge is -2.26. The number of hydrogen-bond donors (Lipinski definition) is 1. The van der Waals surface area contributed by atoms with Crippen LogP contribution in [0.25, 0.3) is 0 Å². The van der Waals surface area contributed by atoms with Crippen molar-refractivity contribution in [3.8, 4) is 5.75 Å². The highest BCUT2D eigenvalue weighted by Gasteiger charge is 2.13. The van der Waals surface area contributed by atoms with Gasteiger partial charge in [-0.15, -0.1) is 0 Å². The summed E-state index contributed by atoms with van der Waals surface area (Å²) < 4.78 is 10.9. The summed E-state index contributed by atoms with van der Waals surface area (Å²) in [5.41, 5.74) is 6.06. The number of nitrogens with two attached hydrogens (primary N) is 1. The Kier molecular flexibility index (Phi) is 5.91. The molecule has 1 fully saturated rings. The van der Waals surface area contributed by atoms with E-state index >= 15 is 0 Å². The highest BCUT2D eigenvalue weighted by Crippen LogP contribution is 2.23. The second-order valence-electron chi connectivity index (χ2n) is 4.91. The standard InChI is InChI=1S/C14H21N3O4/c15-11-12-10-13(2-3-14(12)17(18)19)21-7-1-4-16-5-8-20-9-6-16/h2-3,10H,1,4-9,11,15H2.